The number of fused-ring (bicyclic) bond motifs is 1. The predicted molar refractivity (Wildman–Crippen MR) is 119 cm³/mol. The van der Waals surface area contributed by atoms with E-state index in [0.29, 0.717) is 6.61 Å². The second-order valence-electron chi connectivity index (χ2n) is 8.71. The summed E-state index contributed by atoms with van der Waals surface area (Å²) in [5.41, 5.74) is 6.29. The van der Waals surface area contributed by atoms with Crippen molar-refractivity contribution in [3.8, 4) is 5.69 Å². The maximum atomic E-state index is 14.1. The van der Waals surface area contributed by atoms with Gasteiger partial charge in [0.25, 0.3) is 0 Å². The Morgan fingerprint density at radius 1 is 1.10 bits per heavy atom. The lowest BCUT2D eigenvalue weighted by molar-refractivity contribution is 0.0353. The number of piperidine rings is 1. The van der Waals surface area contributed by atoms with Gasteiger partial charge in [0.05, 0.1) is 18.1 Å². The molecule has 0 radical (unpaired) electrons. The molecule has 3 aromatic rings. The number of hydrogen-bond acceptors (Lipinski definition) is 4. The summed E-state index contributed by atoms with van der Waals surface area (Å²) in [5.74, 6) is 0.923. The lowest BCUT2D eigenvalue weighted by Crippen LogP contribution is -2.52. The number of amidine groups is 1. The second-order valence-corrected chi connectivity index (χ2v) is 8.71. The zero-order valence-electron chi connectivity index (χ0n) is 18.2. The fourth-order valence-electron chi connectivity index (χ4n) is 4.98. The van der Waals surface area contributed by atoms with Crippen molar-refractivity contribution in [2.75, 3.05) is 13.2 Å². The number of imidazole rings is 1. The first-order valence-corrected chi connectivity index (χ1v) is 10.9. The Morgan fingerprint density at radius 3 is 2.71 bits per heavy atom. The SMILES string of the molecule is Cc1cc(F)cc(C2CCCN3C(c4ccc(-n5cnc(C)c5)c(C)c4)=NOCC23)c1. The first-order valence-electron chi connectivity index (χ1n) is 10.9. The highest BCUT2D eigenvalue weighted by molar-refractivity contribution is 5.99. The summed E-state index contributed by atoms with van der Waals surface area (Å²) >= 11 is 0. The summed E-state index contributed by atoms with van der Waals surface area (Å²) in [6.07, 6.45) is 5.93. The van der Waals surface area contributed by atoms with E-state index in [9.17, 15) is 4.39 Å². The minimum atomic E-state index is -0.168. The summed E-state index contributed by atoms with van der Waals surface area (Å²) < 4.78 is 16.1. The Bertz CT molecular complexity index is 1130. The highest BCUT2D eigenvalue weighted by atomic mass is 19.1. The topological polar surface area (TPSA) is 42.7 Å². The normalized spacial score (nSPS) is 20.8. The molecule has 3 heterocycles. The van der Waals surface area contributed by atoms with Crippen molar-refractivity contribution in [3.63, 3.8) is 0 Å². The maximum Gasteiger partial charge on any atom is 0.175 e. The van der Waals surface area contributed by atoms with Crippen LogP contribution in [0.25, 0.3) is 5.69 Å². The van der Waals surface area contributed by atoms with Gasteiger partial charge in [-0.2, -0.15) is 0 Å². The molecule has 2 atom stereocenters. The van der Waals surface area contributed by atoms with E-state index in [2.05, 4.69) is 46.2 Å². The van der Waals surface area contributed by atoms with Gasteiger partial charge in [-0.25, -0.2) is 9.37 Å². The largest absolute Gasteiger partial charge is 0.392 e. The molecule has 0 amide bonds. The molecule has 0 saturated carbocycles. The highest BCUT2D eigenvalue weighted by Gasteiger charge is 2.38. The fraction of sp³-hybridized carbons (Fsp3) is 0.360. The van der Waals surface area contributed by atoms with Crippen LogP contribution in [0.1, 0.15) is 46.7 Å². The molecule has 1 saturated heterocycles. The summed E-state index contributed by atoms with van der Waals surface area (Å²) in [6.45, 7) is 7.49. The maximum absolute atomic E-state index is 14.1. The molecule has 0 spiro atoms. The number of aryl methyl sites for hydroxylation is 3. The third-order valence-corrected chi connectivity index (χ3v) is 6.38. The molecule has 31 heavy (non-hydrogen) atoms. The van der Waals surface area contributed by atoms with Crippen LogP contribution in [0.2, 0.25) is 0 Å². The summed E-state index contributed by atoms with van der Waals surface area (Å²) in [6, 6.07) is 11.9. The lowest BCUT2D eigenvalue weighted by atomic mass is 9.82. The monoisotopic (exact) mass is 418 g/mol. The first kappa shape index (κ1) is 19.8. The molecule has 5 nitrogen and oxygen atoms in total. The van der Waals surface area contributed by atoms with Crippen molar-refractivity contribution in [1.82, 2.24) is 14.5 Å². The molecule has 6 heteroatoms. The van der Waals surface area contributed by atoms with Gasteiger partial charge in [0, 0.05) is 29.9 Å². The number of aromatic nitrogens is 2. The number of hydrogen-bond donors (Lipinski definition) is 0. The zero-order valence-corrected chi connectivity index (χ0v) is 18.2. The first-order chi connectivity index (χ1) is 15.0. The lowest BCUT2D eigenvalue weighted by Gasteiger charge is -2.44. The molecule has 0 aliphatic carbocycles. The van der Waals surface area contributed by atoms with Crippen LogP contribution >= 0.6 is 0 Å². The van der Waals surface area contributed by atoms with Crippen LogP contribution in [0.5, 0.6) is 0 Å². The standard InChI is InChI=1S/C25H27FN4O/c1-16-9-20(12-21(26)10-16)22-5-4-8-30-24(22)14-31-28-25(30)19-6-7-23(17(2)11-19)29-13-18(3)27-15-29/h6-7,9-13,15,22,24H,4-5,8,14H2,1-3H3. The summed E-state index contributed by atoms with van der Waals surface area (Å²) in [4.78, 5) is 12.4. The van der Waals surface area contributed by atoms with E-state index in [1.165, 1.54) is 0 Å². The van der Waals surface area contributed by atoms with Gasteiger partial charge in [-0.1, -0.05) is 11.2 Å². The number of rotatable bonds is 3. The number of benzene rings is 2. The number of halogens is 1. The third-order valence-electron chi connectivity index (χ3n) is 6.38. The molecule has 0 bridgehead atoms. The predicted octanol–water partition coefficient (Wildman–Crippen LogP) is 4.88. The van der Waals surface area contributed by atoms with E-state index >= 15 is 0 Å². The van der Waals surface area contributed by atoms with Crippen molar-refractivity contribution < 1.29 is 9.23 Å². The van der Waals surface area contributed by atoms with Gasteiger partial charge < -0.3 is 14.3 Å². The van der Waals surface area contributed by atoms with Crippen LogP contribution in [0.4, 0.5) is 4.39 Å². The Kier molecular flexibility index (Phi) is 5.00. The van der Waals surface area contributed by atoms with E-state index in [4.69, 9.17) is 4.84 Å². The van der Waals surface area contributed by atoms with Crippen molar-refractivity contribution in [3.05, 3.63) is 82.7 Å². The molecule has 2 aromatic carbocycles. The molecule has 2 aliphatic heterocycles. The van der Waals surface area contributed by atoms with Crippen LogP contribution in [0, 0.1) is 26.6 Å². The number of oxime groups is 1. The van der Waals surface area contributed by atoms with Crippen molar-refractivity contribution in [2.24, 2.45) is 5.16 Å². The van der Waals surface area contributed by atoms with E-state index < -0.39 is 0 Å². The van der Waals surface area contributed by atoms with E-state index in [0.717, 1.165) is 58.9 Å². The molecular weight excluding hydrogens is 391 g/mol. The minimum absolute atomic E-state index is 0.152. The fourth-order valence-corrected chi connectivity index (χ4v) is 4.98. The summed E-state index contributed by atoms with van der Waals surface area (Å²) in [5, 5.41) is 4.44. The quantitative estimate of drug-likeness (QED) is 0.609. The Balaban J connectivity index is 1.46. The average Bonchev–Trinajstić information content (AvgIpc) is 3.18. The minimum Gasteiger partial charge on any atom is -0.392 e. The van der Waals surface area contributed by atoms with E-state index in [-0.39, 0.29) is 17.8 Å². The zero-order chi connectivity index (χ0) is 21.5. The second kappa shape index (κ2) is 7.84. The Labute approximate surface area is 182 Å². The molecule has 2 unspecified atom stereocenters. The highest BCUT2D eigenvalue weighted by Crippen LogP contribution is 2.36. The van der Waals surface area contributed by atoms with Crippen LogP contribution in [-0.4, -0.2) is 39.5 Å². The van der Waals surface area contributed by atoms with Crippen molar-refractivity contribution in [2.45, 2.75) is 45.6 Å². The van der Waals surface area contributed by atoms with Gasteiger partial charge in [0.2, 0.25) is 0 Å². The van der Waals surface area contributed by atoms with Crippen LogP contribution in [-0.2, 0) is 4.84 Å². The summed E-state index contributed by atoms with van der Waals surface area (Å²) in [7, 11) is 0. The van der Waals surface area contributed by atoms with Gasteiger partial charge in [0.15, 0.2) is 5.84 Å². The van der Waals surface area contributed by atoms with Crippen LogP contribution < -0.4 is 0 Å². The Hall–Kier alpha value is -3.15. The smallest absolute Gasteiger partial charge is 0.175 e. The molecule has 160 valence electrons. The van der Waals surface area contributed by atoms with Crippen molar-refractivity contribution in [1.29, 1.82) is 0 Å². The van der Waals surface area contributed by atoms with Gasteiger partial charge in [-0.05, 0) is 80.6 Å². The van der Waals surface area contributed by atoms with Gasteiger partial charge >= 0.3 is 0 Å². The third kappa shape index (κ3) is 3.71. The molecular formula is C25H27FN4O. The van der Waals surface area contributed by atoms with E-state index in [1.807, 2.05) is 30.9 Å². The molecule has 0 N–H and O–H groups in total. The van der Waals surface area contributed by atoms with Gasteiger partial charge in [-0.3, -0.25) is 0 Å². The van der Waals surface area contributed by atoms with Crippen LogP contribution in [0.15, 0.2) is 54.1 Å². The molecule has 1 fully saturated rings. The molecule has 5 rings (SSSR count). The van der Waals surface area contributed by atoms with E-state index in [1.54, 1.807) is 12.1 Å². The average molecular weight is 419 g/mol. The molecule has 2 aliphatic rings. The van der Waals surface area contributed by atoms with Crippen LogP contribution in [0.3, 0.4) is 0 Å². The van der Waals surface area contributed by atoms with Gasteiger partial charge in [0.1, 0.15) is 12.4 Å². The molecule has 1 aromatic heterocycles. The Morgan fingerprint density at radius 2 is 1.97 bits per heavy atom. The number of nitrogens with zero attached hydrogens (tertiary/aromatic N) is 4. The van der Waals surface area contributed by atoms with Crippen molar-refractivity contribution >= 4 is 5.84 Å². The van der Waals surface area contributed by atoms with Gasteiger partial charge in [-0.15, -0.1) is 0 Å².